The van der Waals surface area contributed by atoms with Gasteiger partial charge in [-0.2, -0.15) is 0 Å². The predicted molar refractivity (Wildman–Crippen MR) is 65.2 cm³/mol. The van der Waals surface area contributed by atoms with Crippen LogP contribution in [0.4, 0.5) is 0 Å². The fourth-order valence-electron chi connectivity index (χ4n) is 2.08. The van der Waals surface area contributed by atoms with E-state index in [0.29, 0.717) is 6.04 Å². The first-order chi connectivity index (χ1) is 7.43. The lowest BCUT2D eigenvalue weighted by Crippen LogP contribution is -2.29. The molecule has 0 spiro atoms. The molecule has 0 aromatic carbocycles. The Morgan fingerprint density at radius 2 is 1.80 bits per heavy atom. The smallest absolute Gasteiger partial charge is 0.0620 e. The second-order valence-corrected chi connectivity index (χ2v) is 4.64. The molecule has 1 heterocycles. The molecule has 90 valence electrons. The Bertz CT molecular complexity index is 132. The van der Waals surface area contributed by atoms with E-state index in [0.717, 1.165) is 13.2 Å². The Labute approximate surface area is 94.8 Å². The van der Waals surface area contributed by atoms with Crippen molar-refractivity contribution in [2.45, 2.75) is 64.3 Å². The van der Waals surface area contributed by atoms with Gasteiger partial charge in [-0.1, -0.05) is 45.4 Å². The van der Waals surface area contributed by atoms with Crippen LogP contribution in [0.3, 0.4) is 0 Å². The van der Waals surface area contributed by atoms with Crippen molar-refractivity contribution < 1.29 is 4.74 Å². The highest BCUT2D eigenvalue weighted by molar-refractivity contribution is 4.70. The van der Waals surface area contributed by atoms with Crippen molar-refractivity contribution in [2.24, 2.45) is 0 Å². The molecule has 2 nitrogen and oxygen atoms in total. The number of nitrogens with one attached hydrogen (secondary N) is 1. The molecule has 1 aliphatic heterocycles. The first-order valence-corrected chi connectivity index (χ1v) is 6.74. The lowest BCUT2D eigenvalue weighted by molar-refractivity contribution is 0.190. The van der Waals surface area contributed by atoms with Gasteiger partial charge in [0.2, 0.25) is 0 Å². The van der Waals surface area contributed by atoms with Crippen LogP contribution in [0.5, 0.6) is 0 Å². The zero-order valence-corrected chi connectivity index (χ0v) is 10.3. The van der Waals surface area contributed by atoms with Crippen molar-refractivity contribution in [3.63, 3.8) is 0 Å². The van der Waals surface area contributed by atoms with Crippen LogP contribution in [-0.2, 0) is 4.74 Å². The number of rotatable bonds is 9. The molecule has 1 unspecified atom stereocenters. The maximum absolute atomic E-state index is 5.32. The molecule has 15 heavy (non-hydrogen) atoms. The fourth-order valence-corrected chi connectivity index (χ4v) is 2.08. The van der Waals surface area contributed by atoms with E-state index in [-0.39, 0.29) is 0 Å². The molecule has 0 aromatic rings. The molecular weight excluding hydrogens is 186 g/mol. The third-order valence-electron chi connectivity index (χ3n) is 3.14. The van der Waals surface area contributed by atoms with Gasteiger partial charge in [0.05, 0.1) is 6.61 Å². The van der Waals surface area contributed by atoms with Crippen LogP contribution in [-0.4, -0.2) is 25.8 Å². The standard InChI is InChI=1S/C13H27NO/c1-2-3-4-5-6-7-8-10-14-13-9-11-15-12-13/h13-14H,2-12H2,1H3. The van der Waals surface area contributed by atoms with Gasteiger partial charge >= 0.3 is 0 Å². The molecule has 1 rings (SSSR count). The second kappa shape index (κ2) is 9.17. The summed E-state index contributed by atoms with van der Waals surface area (Å²) in [4.78, 5) is 0. The average molecular weight is 213 g/mol. The molecule has 1 atom stereocenters. The summed E-state index contributed by atoms with van der Waals surface area (Å²) in [6.45, 7) is 5.33. The van der Waals surface area contributed by atoms with Crippen molar-refractivity contribution in [1.82, 2.24) is 5.32 Å². The van der Waals surface area contributed by atoms with Crippen molar-refractivity contribution in [2.75, 3.05) is 19.8 Å². The summed E-state index contributed by atoms with van der Waals surface area (Å²) >= 11 is 0. The van der Waals surface area contributed by atoms with Gasteiger partial charge in [0.25, 0.3) is 0 Å². The highest BCUT2D eigenvalue weighted by Crippen LogP contribution is 2.07. The Hall–Kier alpha value is -0.0800. The van der Waals surface area contributed by atoms with Gasteiger partial charge in [0.1, 0.15) is 0 Å². The quantitative estimate of drug-likeness (QED) is 0.594. The van der Waals surface area contributed by atoms with E-state index < -0.39 is 0 Å². The topological polar surface area (TPSA) is 21.3 Å². The molecule has 1 aliphatic rings. The Balaban J connectivity index is 1.73. The molecule has 0 amide bonds. The average Bonchev–Trinajstić information content (AvgIpc) is 2.75. The number of hydrogen-bond donors (Lipinski definition) is 1. The summed E-state index contributed by atoms with van der Waals surface area (Å²) in [6.07, 6.45) is 11.0. The summed E-state index contributed by atoms with van der Waals surface area (Å²) in [5.74, 6) is 0. The Kier molecular flexibility index (Phi) is 7.94. The third-order valence-corrected chi connectivity index (χ3v) is 3.14. The number of unbranched alkanes of at least 4 members (excludes halogenated alkanes) is 6. The van der Waals surface area contributed by atoms with E-state index in [4.69, 9.17) is 4.74 Å². The van der Waals surface area contributed by atoms with Gasteiger partial charge in [-0.3, -0.25) is 0 Å². The first kappa shape index (κ1) is 13.0. The molecule has 2 heteroatoms. The summed E-state index contributed by atoms with van der Waals surface area (Å²) in [5, 5.41) is 3.56. The maximum Gasteiger partial charge on any atom is 0.0620 e. The highest BCUT2D eigenvalue weighted by atomic mass is 16.5. The second-order valence-electron chi connectivity index (χ2n) is 4.64. The summed E-state index contributed by atoms with van der Waals surface area (Å²) < 4.78 is 5.32. The Morgan fingerprint density at radius 3 is 2.47 bits per heavy atom. The van der Waals surface area contributed by atoms with Crippen LogP contribution in [0.1, 0.15) is 58.3 Å². The van der Waals surface area contributed by atoms with Gasteiger partial charge in [-0.15, -0.1) is 0 Å². The van der Waals surface area contributed by atoms with Crippen LogP contribution in [0.2, 0.25) is 0 Å². The summed E-state index contributed by atoms with van der Waals surface area (Å²) in [5.41, 5.74) is 0. The minimum absolute atomic E-state index is 0.644. The minimum Gasteiger partial charge on any atom is -0.380 e. The van der Waals surface area contributed by atoms with Crippen molar-refractivity contribution >= 4 is 0 Å². The van der Waals surface area contributed by atoms with Gasteiger partial charge in [0, 0.05) is 12.6 Å². The van der Waals surface area contributed by atoms with Crippen molar-refractivity contribution in [1.29, 1.82) is 0 Å². The zero-order chi connectivity index (χ0) is 10.8. The van der Waals surface area contributed by atoms with Crippen molar-refractivity contribution in [3.05, 3.63) is 0 Å². The van der Waals surface area contributed by atoms with E-state index in [1.54, 1.807) is 0 Å². The molecule has 1 N–H and O–H groups in total. The zero-order valence-electron chi connectivity index (χ0n) is 10.3. The lowest BCUT2D eigenvalue weighted by Gasteiger charge is -2.09. The molecule has 0 bridgehead atoms. The van der Waals surface area contributed by atoms with E-state index >= 15 is 0 Å². The summed E-state index contributed by atoms with van der Waals surface area (Å²) in [6, 6.07) is 0.644. The maximum atomic E-state index is 5.32. The fraction of sp³-hybridized carbons (Fsp3) is 1.00. The van der Waals surface area contributed by atoms with Crippen LogP contribution in [0.25, 0.3) is 0 Å². The van der Waals surface area contributed by atoms with Crippen LogP contribution in [0, 0.1) is 0 Å². The monoisotopic (exact) mass is 213 g/mol. The summed E-state index contributed by atoms with van der Waals surface area (Å²) in [7, 11) is 0. The van der Waals surface area contributed by atoms with E-state index in [1.807, 2.05) is 0 Å². The van der Waals surface area contributed by atoms with E-state index in [2.05, 4.69) is 12.2 Å². The molecule has 0 saturated carbocycles. The van der Waals surface area contributed by atoms with Crippen LogP contribution < -0.4 is 5.32 Å². The largest absolute Gasteiger partial charge is 0.380 e. The van der Waals surface area contributed by atoms with Gasteiger partial charge < -0.3 is 10.1 Å². The van der Waals surface area contributed by atoms with Crippen LogP contribution >= 0.6 is 0 Å². The van der Waals surface area contributed by atoms with E-state index in [1.165, 1.54) is 57.9 Å². The Morgan fingerprint density at radius 1 is 1.07 bits per heavy atom. The van der Waals surface area contributed by atoms with Gasteiger partial charge in [-0.05, 0) is 19.4 Å². The first-order valence-electron chi connectivity index (χ1n) is 6.74. The molecule has 0 aromatic heterocycles. The lowest BCUT2D eigenvalue weighted by atomic mass is 10.1. The highest BCUT2D eigenvalue weighted by Gasteiger charge is 2.13. The molecular formula is C13H27NO. The molecule has 1 fully saturated rings. The van der Waals surface area contributed by atoms with Gasteiger partial charge in [-0.25, -0.2) is 0 Å². The van der Waals surface area contributed by atoms with Crippen LogP contribution in [0.15, 0.2) is 0 Å². The third kappa shape index (κ3) is 6.91. The normalized spacial score (nSPS) is 21.0. The molecule has 0 radical (unpaired) electrons. The molecule has 0 aliphatic carbocycles. The molecule has 1 saturated heterocycles. The number of hydrogen-bond acceptors (Lipinski definition) is 2. The van der Waals surface area contributed by atoms with E-state index in [9.17, 15) is 0 Å². The minimum atomic E-state index is 0.644. The SMILES string of the molecule is CCCCCCCCCNC1CCOC1. The predicted octanol–water partition coefficient (Wildman–Crippen LogP) is 3.12. The van der Waals surface area contributed by atoms with Gasteiger partial charge in [0.15, 0.2) is 0 Å². The van der Waals surface area contributed by atoms with Crippen molar-refractivity contribution in [3.8, 4) is 0 Å². The number of ether oxygens (including phenoxy) is 1.